The van der Waals surface area contributed by atoms with E-state index in [4.69, 9.17) is 4.74 Å². The molecule has 0 fully saturated rings. The van der Waals surface area contributed by atoms with Gasteiger partial charge in [0.05, 0.1) is 11.1 Å². The summed E-state index contributed by atoms with van der Waals surface area (Å²) in [4.78, 5) is 51.8. The van der Waals surface area contributed by atoms with Crippen molar-refractivity contribution in [3.05, 3.63) is 65.2 Å². The molecule has 156 valence electrons. The molecule has 3 amide bonds. The molecule has 7 nitrogen and oxygen atoms in total. The minimum absolute atomic E-state index is 0.256. The summed E-state index contributed by atoms with van der Waals surface area (Å²) in [6.07, 6.45) is -1.10. The van der Waals surface area contributed by atoms with Crippen molar-refractivity contribution in [1.29, 1.82) is 0 Å². The van der Waals surface area contributed by atoms with Gasteiger partial charge in [-0.2, -0.15) is 0 Å². The van der Waals surface area contributed by atoms with Crippen molar-refractivity contribution in [3.8, 4) is 0 Å². The van der Waals surface area contributed by atoms with E-state index in [9.17, 15) is 19.2 Å². The molecule has 0 radical (unpaired) electrons. The first-order chi connectivity index (χ1) is 14.2. The van der Waals surface area contributed by atoms with Gasteiger partial charge in [0.25, 0.3) is 17.7 Å². The smallest absolute Gasteiger partial charge is 0.330 e. The predicted octanol–water partition coefficient (Wildman–Crippen LogP) is 3.19. The summed E-state index contributed by atoms with van der Waals surface area (Å²) in [5.41, 5.74) is 2.14. The molecular weight excluding hydrogens is 384 g/mol. The summed E-state index contributed by atoms with van der Waals surface area (Å²) in [6, 6.07) is 12.5. The van der Waals surface area contributed by atoms with E-state index in [0.717, 1.165) is 10.5 Å². The number of benzene rings is 2. The van der Waals surface area contributed by atoms with Crippen LogP contribution < -0.4 is 5.32 Å². The Balaban J connectivity index is 1.73. The summed E-state index contributed by atoms with van der Waals surface area (Å²) in [5.74, 6) is -2.78. The Morgan fingerprint density at radius 3 is 1.93 bits per heavy atom. The second-order valence-electron chi connectivity index (χ2n) is 7.65. The van der Waals surface area contributed by atoms with Gasteiger partial charge in [-0.15, -0.1) is 0 Å². The molecule has 0 bridgehead atoms. The van der Waals surface area contributed by atoms with E-state index < -0.39 is 41.8 Å². The number of aryl methyl sites for hydroxylation is 1. The van der Waals surface area contributed by atoms with E-state index in [2.05, 4.69) is 5.32 Å². The Morgan fingerprint density at radius 2 is 1.43 bits per heavy atom. The van der Waals surface area contributed by atoms with Gasteiger partial charge in [0.15, 0.2) is 6.10 Å². The summed E-state index contributed by atoms with van der Waals surface area (Å²) < 4.78 is 5.34. The highest BCUT2D eigenvalue weighted by atomic mass is 16.5. The van der Waals surface area contributed by atoms with E-state index in [-0.39, 0.29) is 11.1 Å². The summed E-state index contributed by atoms with van der Waals surface area (Å²) in [7, 11) is 0. The minimum atomic E-state index is -1.13. The molecular formula is C23H24N2O5. The largest absolute Gasteiger partial charge is 0.451 e. The molecule has 2 aromatic carbocycles. The molecule has 30 heavy (non-hydrogen) atoms. The lowest BCUT2D eigenvalue weighted by Gasteiger charge is -2.28. The van der Waals surface area contributed by atoms with E-state index in [1.54, 1.807) is 50.2 Å². The Labute approximate surface area is 175 Å². The molecule has 1 heterocycles. The molecule has 2 atom stereocenters. The molecule has 0 saturated heterocycles. The fourth-order valence-electron chi connectivity index (χ4n) is 3.31. The fourth-order valence-corrected chi connectivity index (χ4v) is 3.31. The van der Waals surface area contributed by atoms with Crippen LogP contribution in [0.1, 0.15) is 47.1 Å². The average Bonchev–Trinajstić information content (AvgIpc) is 2.95. The maximum atomic E-state index is 12.9. The van der Waals surface area contributed by atoms with Crippen LogP contribution in [0.4, 0.5) is 5.69 Å². The number of hydrogen-bond acceptors (Lipinski definition) is 5. The number of amides is 3. The van der Waals surface area contributed by atoms with Crippen LogP contribution in [0.2, 0.25) is 0 Å². The standard InChI is InChI=1S/C23H24N2O5/c1-13(2)19(25-21(27)17-7-5-6-8-18(17)22(25)28)23(29)30-15(4)20(26)24-16-11-9-14(3)10-12-16/h5-13,15,19H,1-4H3,(H,24,26)/t15-,19+/m1/s1. The summed E-state index contributed by atoms with van der Waals surface area (Å²) in [6.45, 7) is 6.81. The minimum Gasteiger partial charge on any atom is -0.451 e. The van der Waals surface area contributed by atoms with Crippen LogP contribution in [0.25, 0.3) is 0 Å². The highest BCUT2D eigenvalue weighted by Gasteiger charge is 2.45. The van der Waals surface area contributed by atoms with E-state index >= 15 is 0 Å². The Kier molecular flexibility index (Phi) is 6.01. The summed E-state index contributed by atoms with van der Waals surface area (Å²) in [5, 5.41) is 2.68. The van der Waals surface area contributed by atoms with Crippen molar-refractivity contribution < 1.29 is 23.9 Å². The molecule has 2 aromatic rings. The van der Waals surface area contributed by atoms with Crippen LogP contribution >= 0.6 is 0 Å². The maximum Gasteiger partial charge on any atom is 0.330 e. The van der Waals surface area contributed by atoms with E-state index in [1.807, 2.05) is 19.1 Å². The lowest BCUT2D eigenvalue weighted by Crippen LogP contribution is -2.50. The zero-order valence-corrected chi connectivity index (χ0v) is 17.3. The van der Waals surface area contributed by atoms with Gasteiger partial charge in [-0.25, -0.2) is 4.79 Å². The average molecular weight is 408 g/mol. The molecule has 0 saturated carbocycles. The topological polar surface area (TPSA) is 92.8 Å². The quantitative estimate of drug-likeness (QED) is 0.585. The third-order valence-corrected chi connectivity index (χ3v) is 4.96. The predicted molar refractivity (Wildman–Crippen MR) is 111 cm³/mol. The van der Waals surface area contributed by atoms with Gasteiger partial charge in [0.1, 0.15) is 6.04 Å². The van der Waals surface area contributed by atoms with Gasteiger partial charge >= 0.3 is 5.97 Å². The fraction of sp³-hybridized carbons (Fsp3) is 0.304. The molecule has 1 N–H and O–H groups in total. The zero-order valence-electron chi connectivity index (χ0n) is 17.3. The van der Waals surface area contributed by atoms with Crippen LogP contribution in [0.5, 0.6) is 0 Å². The number of carbonyl (C=O) groups excluding carboxylic acids is 4. The van der Waals surface area contributed by atoms with Gasteiger partial charge in [0.2, 0.25) is 0 Å². The van der Waals surface area contributed by atoms with Gasteiger partial charge in [-0.05, 0) is 44.0 Å². The first kappa shape index (κ1) is 21.2. The van der Waals surface area contributed by atoms with Crippen molar-refractivity contribution in [2.45, 2.75) is 39.8 Å². The zero-order chi connectivity index (χ0) is 22.0. The molecule has 3 rings (SSSR count). The van der Waals surface area contributed by atoms with Crippen LogP contribution in [-0.4, -0.2) is 40.7 Å². The normalized spacial score (nSPS) is 15.0. The second-order valence-corrected chi connectivity index (χ2v) is 7.65. The number of rotatable bonds is 6. The van der Waals surface area contributed by atoms with Crippen molar-refractivity contribution in [2.24, 2.45) is 5.92 Å². The molecule has 0 aromatic heterocycles. The van der Waals surface area contributed by atoms with E-state index in [0.29, 0.717) is 5.69 Å². The Bertz CT molecular complexity index is 962. The third-order valence-electron chi connectivity index (χ3n) is 4.96. The maximum absolute atomic E-state index is 12.9. The SMILES string of the molecule is Cc1ccc(NC(=O)[C@@H](C)OC(=O)[C@H](C(C)C)N2C(=O)c3ccccc3C2=O)cc1. The number of imide groups is 1. The molecule has 7 heteroatoms. The molecule has 1 aliphatic heterocycles. The molecule has 0 spiro atoms. The number of hydrogen-bond donors (Lipinski definition) is 1. The van der Waals surface area contributed by atoms with Crippen molar-refractivity contribution in [2.75, 3.05) is 5.32 Å². The Hall–Kier alpha value is -3.48. The van der Waals surface area contributed by atoms with Gasteiger partial charge in [0, 0.05) is 5.69 Å². The number of ether oxygens (including phenoxy) is 1. The summed E-state index contributed by atoms with van der Waals surface area (Å²) >= 11 is 0. The Morgan fingerprint density at radius 1 is 0.900 bits per heavy atom. The molecule has 0 aliphatic carbocycles. The highest BCUT2D eigenvalue weighted by Crippen LogP contribution is 2.28. The first-order valence-corrected chi connectivity index (χ1v) is 9.75. The van der Waals surface area contributed by atoms with Crippen LogP contribution in [0.15, 0.2) is 48.5 Å². The lowest BCUT2D eigenvalue weighted by molar-refractivity contribution is -0.158. The van der Waals surface area contributed by atoms with Gasteiger partial charge < -0.3 is 10.1 Å². The third kappa shape index (κ3) is 4.10. The van der Waals surface area contributed by atoms with Gasteiger partial charge in [-0.1, -0.05) is 43.7 Å². The van der Waals surface area contributed by atoms with Crippen LogP contribution in [0.3, 0.4) is 0 Å². The number of carbonyl (C=O) groups is 4. The molecule has 1 aliphatic rings. The van der Waals surface area contributed by atoms with E-state index in [1.165, 1.54) is 6.92 Å². The number of nitrogens with one attached hydrogen (secondary N) is 1. The van der Waals surface area contributed by atoms with Crippen LogP contribution in [-0.2, 0) is 14.3 Å². The van der Waals surface area contributed by atoms with Crippen molar-refractivity contribution in [1.82, 2.24) is 4.90 Å². The number of esters is 1. The first-order valence-electron chi connectivity index (χ1n) is 9.75. The van der Waals surface area contributed by atoms with Crippen LogP contribution in [0, 0.1) is 12.8 Å². The highest BCUT2D eigenvalue weighted by molar-refractivity contribution is 6.22. The van der Waals surface area contributed by atoms with Gasteiger partial charge in [-0.3, -0.25) is 19.3 Å². The second kappa shape index (κ2) is 8.49. The molecule has 0 unspecified atom stereocenters. The monoisotopic (exact) mass is 408 g/mol. The number of anilines is 1. The number of fused-ring (bicyclic) bond motifs is 1. The van der Waals surface area contributed by atoms with Crippen molar-refractivity contribution >= 4 is 29.4 Å². The lowest BCUT2D eigenvalue weighted by atomic mass is 10.0. The van der Waals surface area contributed by atoms with Crippen molar-refractivity contribution in [3.63, 3.8) is 0 Å². The number of nitrogens with zero attached hydrogens (tertiary/aromatic N) is 1.